The summed E-state index contributed by atoms with van der Waals surface area (Å²) in [4.78, 5) is 12.6. The summed E-state index contributed by atoms with van der Waals surface area (Å²) in [5.74, 6) is 2.36. The Morgan fingerprint density at radius 1 is 1.00 bits per heavy atom. The zero-order chi connectivity index (χ0) is 16.4. The molecule has 0 spiro atoms. The molecular formula is C19H23Cl2NO. The van der Waals surface area contributed by atoms with Crippen molar-refractivity contribution in [1.29, 1.82) is 0 Å². The Labute approximate surface area is 147 Å². The van der Waals surface area contributed by atoms with Crippen molar-refractivity contribution in [2.45, 2.75) is 43.9 Å². The second-order valence-corrected chi connectivity index (χ2v) is 9.21. The second-order valence-electron chi connectivity index (χ2n) is 7.76. The zero-order valence-corrected chi connectivity index (χ0v) is 15.1. The molecule has 4 rings (SSSR count). The largest absolute Gasteiger partial charge is 0.326 e. The number of carbonyl (C=O) groups is 1. The van der Waals surface area contributed by atoms with Crippen molar-refractivity contribution in [1.82, 2.24) is 0 Å². The van der Waals surface area contributed by atoms with Crippen LogP contribution in [0.3, 0.4) is 0 Å². The number of halogens is 2. The third-order valence-electron chi connectivity index (χ3n) is 6.11. The van der Waals surface area contributed by atoms with Gasteiger partial charge >= 0.3 is 0 Å². The van der Waals surface area contributed by atoms with Gasteiger partial charge in [0.25, 0.3) is 0 Å². The molecule has 5 atom stereocenters. The summed E-state index contributed by atoms with van der Waals surface area (Å²) in [6.07, 6.45) is 4.34. The van der Waals surface area contributed by atoms with Gasteiger partial charge in [0, 0.05) is 11.6 Å². The van der Waals surface area contributed by atoms with Crippen molar-refractivity contribution < 1.29 is 4.79 Å². The molecule has 0 saturated heterocycles. The summed E-state index contributed by atoms with van der Waals surface area (Å²) >= 11 is 12.7. The van der Waals surface area contributed by atoms with Gasteiger partial charge in [-0.15, -0.1) is 23.2 Å². The summed E-state index contributed by atoms with van der Waals surface area (Å²) in [5, 5.41) is 3.13. The van der Waals surface area contributed by atoms with E-state index in [1.165, 1.54) is 11.1 Å². The average Bonchev–Trinajstić information content (AvgIpc) is 3.22. The normalized spacial score (nSPS) is 37.0. The Bertz CT molecular complexity index is 615. The van der Waals surface area contributed by atoms with Gasteiger partial charge < -0.3 is 5.32 Å². The molecule has 0 bridgehead atoms. The first-order chi connectivity index (χ1) is 10.9. The number of hydrogen-bond acceptors (Lipinski definition) is 1. The molecule has 1 amide bonds. The highest BCUT2D eigenvalue weighted by molar-refractivity contribution is 6.51. The Balaban J connectivity index is 1.40. The smallest absolute Gasteiger partial charge is 0.228 e. The molecule has 0 radical (unpaired) electrons. The number of amides is 1. The number of fused-ring (bicyclic) bond motifs is 2. The number of nitrogens with one attached hydrogen (secondary N) is 1. The van der Waals surface area contributed by atoms with Gasteiger partial charge in [-0.25, -0.2) is 0 Å². The maximum atomic E-state index is 12.6. The molecule has 4 heteroatoms. The highest BCUT2D eigenvalue weighted by atomic mass is 35.5. The first-order valence-corrected chi connectivity index (χ1v) is 9.40. The van der Waals surface area contributed by atoms with Gasteiger partial charge in [-0.2, -0.15) is 0 Å². The lowest BCUT2D eigenvalue weighted by molar-refractivity contribution is -0.117. The Morgan fingerprint density at radius 3 is 2.04 bits per heavy atom. The molecule has 3 saturated carbocycles. The van der Waals surface area contributed by atoms with E-state index in [1.807, 2.05) is 12.1 Å². The van der Waals surface area contributed by atoms with E-state index in [9.17, 15) is 4.79 Å². The van der Waals surface area contributed by atoms with E-state index >= 15 is 0 Å². The molecule has 0 heterocycles. The average molecular weight is 352 g/mol. The molecule has 2 nitrogen and oxygen atoms in total. The maximum Gasteiger partial charge on any atom is 0.228 e. The Kier molecular flexibility index (Phi) is 3.70. The van der Waals surface area contributed by atoms with E-state index in [-0.39, 0.29) is 11.8 Å². The van der Waals surface area contributed by atoms with Gasteiger partial charge in [0.2, 0.25) is 5.91 Å². The lowest BCUT2D eigenvalue weighted by atomic mass is 10.0. The van der Waals surface area contributed by atoms with Crippen LogP contribution in [0.25, 0.3) is 0 Å². The molecule has 3 aliphatic rings. The predicted molar refractivity (Wildman–Crippen MR) is 94.9 cm³/mol. The fourth-order valence-electron chi connectivity index (χ4n) is 4.89. The van der Waals surface area contributed by atoms with Crippen LogP contribution in [-0.4, -0.2) is 10.2 Å². The van der Waals surface area contributed by atoms with Gasteiger partial charge in [0.1, 0.15) is 4.33 Å². The third kappa shape index (κ3) is 2.78. The second kappa shape index (κ2) is 5.39. The minimum absolute atomic E-state index is 0.188. The van der Waals surface area contributed by atoms with E-state index in [0.717, 1.165) is 31.4 Å². The lowest BCUT2D eigenvalue weighted by Gasteiger charge is -2.07. The van der Waals surface area contributed by atoms with Crippen LogP contribution in [0.1, 0.15) is 36.8 Å². The molecule has 23 heavy (non-hydrogen) atoms. The molecule has 1 aromatic rings. The van der Waals surface area contributed by atoms with Crippen molar-refractivity contribution in [2.75, 3.05) is 5.32 Å². The molecular weight excluding hydrogens is 329 g/mol. The third-order valence-corrected chi connectivity index (χ3v) is 7.23. The number of carbonyl (C=O) groups excluding carboxylic acids is 1. The Hall–Kier alpha value is -0.730. The van der Waals surface area contributed by atoms with Crippen molar-refractivity contribution >= 4 is 34.8 Å². The number of rotatable bonds is 2. The van der Waals surface area contributed by atoms with Crippen LogP contribution in [0.5, 0.6) is 0 Å². The molecule has 1 unspecified atom stereocenters. The summed E-state index contributed by atoms with van der Waals surface area (Å²) in [5.41, 5.74) is 3.29. The highest BCUT2D eigenvalue weighted by Gasteiger charge is 2.65. The number of hydrogen-bond donors (Lipinski definition) is 1. The van der Waals surface area contributed by atoms with E-state index in [1.54, 1.807) is 0 Å². The fourth-order valence-corrected chi connectivity index (χ4v) is 5.80. The van der Waals surface area contributed by atoms with E-state index in [2.05, 4.69) is 25.2 Å². The molecule has 1 aromatic carbocycles. The van der Waals surface area contributed by atoms with Gasteiger partial charge in [-0.1, -0.05) is 6.07 Å². The monoisotopic (exact) mass is 351 g/mol. The molecule has 124 valence electrons. The summed E-state index contributed by atoms with van der Waals surface area (Å²) in [7, 11) is 0. The summed E-state index contributed by atoms with van der Waals surface area (Å²) in [6, 6.07) is 6.21. The molecule has 3 aliphatic carbocycles. The van der Waals surface area contributed by atoms with Crippen LogP contribution in [-0.2, 0) is 4.79 Å². The van der Waals surface area contributed by atoms with Crippen LogP contribution < -0.4 is 5.32 Å². The van der Waals surface area contributed by atoms with E-state index < -0.39 is 4.33 Å². The first kappa shape index (κ1) is 15.8. The summed E-state index contributed by atoms with van der Waals surface area (Å²) < 4.78 is -0.479. The van der Waals surface area contributed by atoms with Crippen molar-refractivity contribution in [3.8, 4) is 0 Å². The first-order valence-electron chi connectivity index (χ1n) is 8.65. The standard InChI is InChI=1S/C19H23Cl2NO/c1-10-7-11(2)9-12(8-10)22-18(23)17-13-3-5-15-16(19(15,20)21)6-4-14(13)17/h7-9,13-17H,3-6H2,1-2H3,(H,22,23)/t13-,14-,15-,16+,17?/m1/s1. The van der Waals surface area contributed by atoms with Crippen molar-refractivity contribution in [3.05, 3.63) is 29.3 Å². The number of alkyl halides is 2. The van der Waals surface area contributed by atoms with Crippen LogP contribution in [0, 0.1) is 43.4 Å². The quantitative estimate of drug-likeness (QED) is 0.738. The minimum atomic E-state index is -0.479. The van der Waals surface area contributed by atoms with Gasteiger partial charge in [0.15, 0.2) is 0 Å². The summed E-state index contributed by atoms with van der Waals surface area (Å²) in [6.45, 7) is 4.12. The predicted octanol–water partition coefficient (Wildman–Crippen LogP) is 5.10. The molecule has 1 N–H and O–H groups in total. The lowest BCUT2D eigenvalue weighted by Crippen LogP contribution is -2.16. The number of anilines is 1. The highest BCUT2D eigenvalue weighted by Crippen LogP contribution is 2.67. The van der Waals surface area contributed by atoms with Crippen LogP contribution in [0.4, 0.5) is 5.69 Å². The minimum Gasteiger partial charge on any atom is -0.326 e. The molecule has 3 fully saturated rings. The maximum absolute atomic E-state index is 12.6. The van der Waals surface area contributed by atoms with Crippen LogP contribution in [0.15, 0.2) is 18.2 Å². The molecule has 0 aromatic heterocycles. The molecule has 0 aliphatic heterocycles. The van der Waals surface area contributed by atoms with Crippen LogP contribution in [0.2, 0.25) is 0 Å². The topological polar surface area (TPSA) is 29.1 Å². The van der Waals surface area contributed by atoms with Gasteiger partial charge in [-0.3, -0.25) is 4.79 Å². The van der Waals surface area contributed by atoms with E-state index in [0.29, 0.717) is 23.7 Å². The zero-order valence-electron chi connectivity index (χ0n) is 13.6. The number of benzene rings is 1. The van der Waals surface area contributed by atoms with E-state index in [4.69, 9.17) is 23.2 Å². The van der Waals surface area contributed by atoms with Crippen molar-refractivity contribution in [2.24, 2.45) is 29.6 Å². The van der Waals surface area contributed by atoms with Gasteiger partial charge in [0.05, 0.1) is 0 Å². The SMILES string of the molecule is Cc1cc(C)cc(NC(=O)C2[C@@H]3CC[C@@H]4[C@H](CC[C@@H]23)C4(Cl)Cl)c1. The van der Waals surface area contributed by atoms with Gasteiger partial charge in [-0.05, 0) is 86.5 Å². The Morgan fingerprint density at radius 2 is 1.52 bits per heavy atom. The fraction of sp³-hybridized carbons (Fsp3) is 0.632. The van der Waals surface area contributed by atoms with Crippen LogP contribution >= 0.6 is 23.2 Å². The van der Waals surface area contributed by atoms with Crippen molar-refractivity contribution in [3.63, 3.8) is 0 Å². The number of aryl methyl sites for hydroxylation is 2.